The van der Waals surface area contributed by atoms with Gasteiger partial charge in [-0.1, -0.05) is 34.9 Å². The molecular weight excluding hydrogens is 262 g/mol. The number of hydrogen-bond acceptors (Lipinski definition) is 3. The summed E-state index contributed by atoms with van der Waals surface area (Å²) in [6.07, 6.45) is 0. The van der Waals surface area contributed by atoms with Crippen LogP contribution in [-0.2, 0) is 11.1 Å². The molecule has 0 saturated heterocycles. The van der Waals surface area contributed by atoms with E-state index in [2.05, 4.69) is 10.0 Å². The van der Waals surface area contributed by atoms with Crippen molar-refractivity contribution in [2.45, 2.75) is 6.92 Å². The summed E-state index contributed by atoms with van der Waals surface area (Å²) in [6.45, 7) is 1.56. The lowest BCUT2D eigenvalue weighted by Crippen LogP contribution is -2.07. The first-order chi connectivity index (χ1) is 8.13. The van der Waals surface area contributed by atoms with Crippen LogP contribution in [0, 0.1) is 0 Å². The van der Waals surface area contributed by atoms with E-state index < -0.39 is 11.1 Å². The number of rotatable bonds is 5. The van der Waals surface area contributed by atoms with Crippen LogP contribution in [-0.4, -0.2) is 9.96 Å². The number of nitrogens with zero attached hydrogens (tertiary/aromatic N) is 3. The average Bonchev–Trinajstić information content (AvgIpc) is 2.29. The molecule has 0 aliphatic heterocycles. The van der Waals surface area contributed by atoms with Crippen LogP contribution >= 0.6 is 11.6 Å². The van der Waals surface area contributed by atoms with Gasteiger partial charge < -0.3 is 4.18 Å². The van der Waals surface area contributed by atoms with Gasteiger partial charge in [-0.25, -0.2) is 4.21 Å². The second-order valence-electron chi connectivity index (χ2n) is 3.01. The number of benzene rings is 1. The number of azide groups is 1. The van der Waals surface area contributed by atoms with E-state index in [1.807, 2.05) is 6.07 Å². The van der Waals surface area contributed by atoms with Crippen molar-refractivity contribution in [3.63, 3.8) is 0 Å². The lowest BCUT2D eigenvalue weighted by molar-refractivity contribution is 0.564. The highest BCUT2D eigenvalue weighted by molar-refractivity contribution is 7.80. The fourth-order valence-corrected chi connectivity index (χ4v) is 2.04. The SMILES string of the molecule is C/C(Cl)=C(\CS(=O)Oc1ccccc1)N=[N+]=[N-]. The second kappa shape index (κ2) is 6.96. The Bertz CT molecular complexity index is 480. The van der Waals surface area contributed by atoms with Gasteiger partial charge in [-0.2, -0.15) is 0 Å². The normalized spacial score (nSPS) is 13.3. The first kappa shape index (κ1) is 13.6. The molecule has 5 nitrogen and oxygen atoms in total. The summed E-state index contributed by atoms with van der Waals surface area (Å²) in [4.78, 5) is 2.61. The summed E-state index contributed by atoms with van der Waals surface area (Å²) in [7, 11) is 0. The molecule has 0 radical (unpaired) electrons. The van der Waals surface area contributed by atoms with Crippen molar-refractivity contribution in [3.8, 4) is 5.75 Å². The van der Waals surface area contributed by atoms with Gasteiger partial charge in [0, 0.05) is 15.6 Å². The Morgan fingerprint density at radius 1 is 1.53 bits per heavy atom. The van der Waals surface area contributed by atoms with Crippen molar-refractivity contribution in [2.75, 3.05) is 5.75 Å². The summed E-state index contributed by atoms with van der Waals surface area (Å²) >= 11 is 4.06. The van der Waals surface area contributed by atoms with Crippen molar-refractivity contribution in [2.24, 2.45) is 5.11 Å². The van der Waals surface area contributed by atoms with Crippen LogP contribution in [0.1, 0.15) is 6.92 Å². The monoisotopic (exact) mass is 271 g/mol. The van der Waals surface area contributed by atoms with Crippen LogP contribution in [0.15, 0.2) is 46.2 Å². The molecule has 0 bridgehead atoms. The molecule has 1 unspecified atom stereocenters. The third-order valence-electron chi connectivity index (χ3n) is 1.75. The summed E-state index contributed by atoms with van der Waals surface area (Å²) < 4.78 is 16.8. The van der Waals surface area contributed by atoms with E-state index in [1.165, 1.54) is 0 Å². The quantitative estimate of drug-likeness (QED) is 0.467. The maximum atomic E-state index is 11.6. The molecule has 1 aromatic rings. The van der Waals surface area contributed by atoms with Crippen LogP contribution in [0.4, 0.5) is 0 Å². The molecule has 0 N–H and O–H groups in total. The van der Waals surface area contributed by atoms with E-state index in [-0.39, 0.29) is 11.4 Å². The maximum Gasteiger partial charge on any atom is 0.210 e. The molecule has 90 valence electrons. The number of allylic oxidation sites excluding steroid dienone is 1. The lowest BCUT2D eigenvalue weighted by Gasteiger charge is -2.05. The highest BCUT2D eigenvalue weighted by Crippen LogP contribution is 2.15. The smallest absolute Gasteiger partial charge is 0.210 e. The molecule has 7 heteroatoms. The minimum atomic E-state index is -1.63. The maximum absolute atomic E-state index is 11.6. The molecule has 0 aliphatic carbocycles. The third-order valence-corrected chi connectivity index (χ3v) is 2.86. The fourth-order valence-electron chi connectivity index (χ4n) is 0.976. The molecule has 0 heterocycles. The molecule has 0 aliphatic rings. The van der Waals surface area contributed by atoms with Gasteiger partial charge in [0.25, 0.3) is 0 Å². The molecular formula is C10H10ClN3O2S. The molecule has 1 rings (SSSR count). The zero-order chi connectivity index (χ0) is 12.7. The van der Waals surface area contributed by atoms with Gasteiger partial charge in [0.15, 0.2) is 0 Å². The molecule has 0 aromatic heterocycles. The van der Waals surface area contributed by atoms with Crippen molar-refractivity contribution >= 4 is 22.7 Å². The van der Waals surface area contributed by atoms with E-state index in [1.54, 1.807) is 31.2 Å². The standard InChI is InChI=1S/C10H10ClN3O2S/c1-8(11)10(13-14-12)7-17(15)16-9-5-3-2-4-6-9/h2-6H,7H2,1H3/b10-8-. The predicted octanol–water partition coefficient (Wildman–Crippen LogP) is 3.51. The summed E-state index contributed by atoms with van der Waals surface area (Å²) in [5.74, 6) is 0.437. The van der Waals surface area contributed by atoms with Crippen molar-refractivity contribution < 1.29 is 8.39 Å². The average molecular weight is 272 g/mol. The van der Waals surface area contributed by atoms with Gasteiger partial charge >= 0.3 is 0 Å². The van der Waals surface area contributed by atoms with Gasteiger partial charge in [-0.05, 0) is 24.6 Å². The molecule has 1 atom stereocenters. The Labute approximate surface area is 106 Å². The molecule has 17 heavy (non-hydrogen) atoms. The first-order valence-electron chi connectivity index (χ1n) is 4.65. The van der Waals surface area contributed by atoms with Crippen LogP contribution in [0.5, 0.6) is 5.75 Å². The lowest BCUT2D eigenvalue weighted by atomic mass is 10.3. The van der Waals surface area contributed by atoms with Gasteiger partial charge in [0.2, 0.25) is 11.1 Å². The summed E-state index contributed by atoms with van der Waals surface area (Å²) in [6, 6.07) is 8.72. The van der Waals surface area contributed by atoms with Crippen LogP contribution in [0.2, 0.25) is 0 Å². The largest absolute Gasteiger partial charge is 0.400 e. The number of para-hydroxylation sites is 1. The third kappa shape index (κ3) is 4.91. The van der Waals surface area contributed by atoms with Gasteiger partial charge in [-0.15, -0.1) is 0 Å². The van der Waals surface area contributed by atoms with E-state index in [9.17, 15) is 4.21 Å². The van der Waals surface area contributed by atoms with Crippen LogP contribution in [0.25, 0.3) is 10.4 Å². The zero-order valence-corrected chi connectivity index (χ0v) is 10.6. The second-order valence-corrected chi connectivity index (χ2v) is 4.64. The predicted molar refractivity (Wildman–Crippen MR) is 67.8 cm³/mol. The zero-order valence-electron chi connectivity index (χ0n) is 9.04. The number of hydrogen-bond donors (Lipinski definition) is 0. The summed E-state index contributed by atoms with van der Waals surface area (Å²) in [5.41, 5.74) is 8.53. The topological polar surface area (TPSA) is 75.1 Å². The Morgan fingerprint density at radius 2 is 2.18 bits per heavy atom. The first-order valence-corrected chi connectivity index (χ1v) is 6.27. The number of halogens is 1. The van der Waals surface area contributed by atoms with E-state index in [0.29, 0.717) is 10.8 Å². The Morgan fingerprint density at radius 3 is 2.71 bits per heavy atom. The Hall–Kier alpha value is -1.49. The van der Waals surface area contributed by atoms with E-state index >= 15 is 0 Å². The van der Waals surface area contributed by atoms with E-state index in [0.717, 1.165) is 0 Å². The highest BCUT2D eigenvalue weighted by Gasteiger charge is 2.07. The van der Waals surface area contributed by atoms with Gasteiger partial charge in [0.05, 0.1) is 5.75 Å². The fraction of sp³-hybridized carbons (Fsp3) is 0.200. The highest BCUT2D eigenvalue weighted by atomic mass is 35.5. The van der Waals surface area contributed by atoms with Gasteiger partial charge in [-0.3, -0.25) is 0 Å². The van der Waals surface area contributed by atoms with E-state index in [4.69, 9.17) is 21.3 Å². The molecule has 0 saturated carbocycles. The minimum Gasteiger partial charge on any atom is -0.400 e. The van der Waals surface area contributed by atoms with Crippen molar-refractivity contribution in [1.29, 1.82) is 0 Å². The summed E-state index contributed by atoms with van der Waals surface area (Å²) in [5, 5.41) is 3.66. The van der Waals surface area contributed by atoms with Crippen molar-refractivity contribution in [1.82, 2.24) is 0 Å². The van der Waals surface area contributed by atoms with Gasteiger partial charge in [0.1, 0.15) is 5.75 Å². The van der Waals surface area contributed by atoms with Crippen LogP contribution in [0.3, 0.4) is 0 Å². The Kier molecular flexibility index (Phi) is 5.56. The Balaban J connectivity index is 2.67. The van der Waals surface area contributed by atoms with Crippen molar-refractivity contribution in [3.05, 3.63) is 51.5 Å². The molecule has 0 fully saturated rings. The minimum absolute atomic E-state index is 0.0473. The molecule has 0 spiro atoms. The van der Waals surface area contributed by atoms with Crippen LogP contribution < -0.4 is 4.18 Å². The molecule has 1 aromatic carbocycles. The molecule has 0 amide bonds.